The second kappa shape index (κ2) is 8.33. The van der Waals surface area contributed by atoms with E-state index in [1.54, 1.807) is 0 Å². The Labute approximate surface area is 90.2 Å². The van der Waals surface area contributed by atoms with Crippen molar-refractivity contribution in [3.63, 3.8) is 0 Å². The fourth-order valence-electron chi connectivity index (χ4n) is 1.70. The van der Waals surface area contributed by atoms with Crippen molar-refractivity contribution in [2.45, 2.75) is 32.1 Å². The van der Waals surface area contributed by atoms with Crippen LogP contribution in [0.25, 0.3) is 0 Å². The molecule has 0 spiro atoms. The molecule has 1 saturated heterocycles. The van der Waals surface area contributed by atoms with Crippen LogP contribution in [0.3, 0.4) is 0 Å². The average Bonchev–Trinajstić information content (AvgIpc) is 2.07. The third kappa shape index (κ3) is 5.39. The van der Waals surface area contributed by atoms with Crippen LogP contribution in [0.5, 0.6) is 0 Å². The molecule has 0 aromatic rings. The van der Waals surface area contributed by atoms with Gasteiger partial charge in [0.15, 0.2) is 0 Å². The fourth-order valence-corrected chi connectivity index (χ4v) is 2.09. The van der Waals surface area contributed by atoms with Gasteiger partial charge in [0, 0.05) is 5.33 Å². The number of rotatable bonds is 4. The van der Waals surface area contributed by atoms with E-state index in [2.05, 4.69) is 21.2 Å². The highest BCUT2D eigenvalue weighted by Crippen LogP contribution is 2.18. The van der Waals surface area contributed by atoms with Gasteiger partial charge in [-0.3, -0.25) is 0 Å². The van der Waals surface area contributed by atoms with Crippen molar-refractivity contribution in [3.8, 4) is 0 Å². The van der Waals surface area contributed by atoms with Crippen LogP contribution in [-0.2, 0) is 0 Å². The number of halogens is 2. The zero-order chi connectivity index (χ0) is 7.94. The van der Waals surface area contributed by atoms with Gasteiger partial charge in [-0.05, 0) is 38.3 Å². The van der Waals surface area contributed by atoms with Crippen molar-refractivity contribution in [2.24, 2.45) is 5.92 Å². The molecule has 0 aliphatic carbocycles. The van der Waals surface area contributed by atoms with E-state index in [9.17, 15) is 0 Å². The lowest BCUT2D eigenvalue weighted by molar-refractivity contribution is 0.346. The zero-order valence-corrected chi connectivity index (χ0v) is 9.92. The predicted molar refractivity (Wildman–Crippen MR) is 60.5 cm³/mol. The van der Waals surface area contributed by atoms with E-state index in [4.69, 9.17) is 0 Å². The Morgan fingerprint density at radius 3 is 2.42 bits per heavy atom. The van der Waals surface area contributed by atoms with Gasteiger partial charge in [-0.25, -0.2) is 0 Å². The van der Waals surface area contributed by atoms with Crippen molar-refractivity contribution in [1.82, 2.24) is 5.32 Å². The molecule has 1 N–H and O–H groups in total. The molecule has 1 aliphatic heterocycles. The summed E-state index contributed by atoms with van der Waals surface area (Å²) in [7, 11) is 0. The first-order valence-electron chi connectivity index (χ1n) is 4.70. The molecule has 1 nitrogen and oxygen atoms in total. The second-order valence-electron chi connectivity index (χ2n) is 3.38. The quantitative estimate of drug-likeness (QED) is 0.602. The van der Waals surface area contributed by atoms with E-state index >= 15 is 0 Å². The third-order valence-electron chi connectivity index (χ3n) is 2.45. The summed E-state index contributed by atoms with van der Waals surface area (Å²) in [4.78, 5) is 0. The minimum absolute atomic E-state index is 0. The Hall–Kier alpha value is 0.730. The predicted octanol–water partition coefficient (Wildman–Crippen LogP) is 2.97. The number of hydrogen-bond acceptors (Lipinski definition) is 1. The largest absolute Gasteiger partial charge is 0.317 e. The van der Waals surface area contributed by atoms with Crippen molar-refractivity contribution in [2.75, 3.05) is 18.4 Å². The van der Waals surface area contributed by atoms with Crippen LogP contribution in [0.2, 0.25) is 0 Å². The SMILES string of the molecule is BrCCCCC1CCNCC1.Cl. The topological polar surface area (TPSA) is 12.0 Å². The molecule has 0 unspecified atom stereocenters. The maximum atomic E-state index is 3.46. The monoisotopic (exact) mass is 255 g/mol. The Balaban J connectivity index is 0.00000121. The summed E-state index contributed by atoms with van der Waals surface area (Å²) in [5.41, 5.74) is 0. The first kappa shape index (κ1) is 12.7. The van der Waals surface area contributed by atoms with Crippen molar-refractivity contribution in [1.29, 1.82) is 0 Å². The smallest absolute Gasteiger partial charge is 0.00313 e. The summed E-state index contributed by atoms with van der Waals surface area (Å²) in [6.07, 6.45) is 7.03. The van der Waals surface area contributed by atoms with E-state index in [0.717, 1.165) is 5.92 Å². The Bertz CT molecular complexity index is 94.5. The van der Waals surface area contributed by atoms with Crippen LogP contribution in [0.1, 0.15) is 32.1 Å². The molecule has 1 heterocycles. The lowest BCUT2D eigenvalue weighted by Crippen LogP contribution is -2.27. The molecule has 1 rings (SSSR count). The van der Waals surface area contributed by atoms with Crippen LogP contribution < -0.4 is 5.32 Å². The fraction of sp³-hybridized carbons (Fsp3) is 1.00. The van der Waals surface area contributed by atoms with Gasteiger partial charge in [-0.15, -0.1) is 12.4 Å². The first-order valence-corrected chi connectivity index (χ1v) is 5.82. The number of alkyl halides is 1. The molecule has 1 aliphatic rings. The van der Waals surface area contributed by atoms with Gasteiger partial charge in [0.25, 0.3) is 0 Å². The number of unbranched alkanes of at least 4 members (excludes halogenated alkanes) is 1. The number of nitrogens with one attached hydrogen (secondary N) is 1. The lowest BCUT2D eigenvalue weighted by atomic mass is 9.93. The molecule has 0 bridgehead atoms. The van der Waals surface area contributed by atoms with Gasteiger partial charge in [0.2, 0.25) is 0 Å². The van der Waals surface area contributed by atoms with Crippen molar-refractivity contribution in [3.05, 3.63) is 0 Å². The molecule has 0 radical (unpaired) electrons. The van der Waals surface area contributed by atoms with Crippen molar-refractivity contribution < 1.29 is 0 Å². The van der Waals surface area contributed by atoms with E-state index in [-0.39, 0.29) is 12.4 Å². The Morgan fingerprint density at radius 1 is 1.17 bits per heavy atom. The molecule has 0 amide bonds. The summed E-state index contributed by atoms with van der Waals surface area (Å²) in [6, 6.07) is 0. The number of piperidine rings is 1. The minimum Gasteiger partial charge on any atom is -0.317 e. The van der Waals surface area contributed by atoms with Crippen LogP contribution in [0, 0.1) is 5.92 Å². The Morgan fingerprint density at radius 2 is 1.83 bits per heavy atom. The lowest BCUT2D eigenvalue weighted by Gasteiger charge is -2.22. The number of hydrogen-bond donors (Lipinski definition) is 1. The molecule has 0 aromatic carbocycles. The average molecular weight is 257 g/mol. The zero-order valence-electron chi connectivity index (χ0n) is 7.52. The summed E-state index contributed by atoms with van der Waals surface area (Å²) >= 11 is 3.46. The summed E-state index contributed by atoms with van der Waals surface area (Å²) in [5.74, 6) is 1.02. The van der Waals surface area contributed by atoms with Gasteiger partial charge >= 0.3 is 0 Å². The van der Waals surface area contributed by atoms with Crippen molar-refractivity contribution >= 4 is 28.3 Å². The minimum atomic E-state index is 0. The Kier molecular flexibility index (Phi) is 8.84. The van der Waals surface area contributed by atoms with Crippen LogP contribution in [-0.4, -0.2) is 18.4 Å². The van der Waals surface area contributed by atoms with E-state index in [1.165, 1.54) is 50.5 Å². The molecule has 0 atom stereocenters. The van der Waals surface area contributed by atoms with Gasteiger partial charge < -0.3 is 5.32 Å². The van der Waals surface area contributed by atoms with Gasteiger partial charge in [0.1, 0.15) is 0 Å². The van der Waals surface area contributed by atoms with Gasteiger partial charge in [-0.2, -0.15) is 0 Å². The standard InChI is InChI=1S/C9H18BrN.ClH/c10-6-2-1-3-9-4-7-11-8-5-9;/h9,11H,1-8H2;1H. The maximum absolute atomic E-state index is 3.46. The highest BCUT2D eigenvalue weighted by Gasteiger charge is 2.11. The summed E-state index contributed by atoms with van der Waals surface area (Å²) < 4.78 is 0. The van der Waals surface area contributed by atoms with E-state index in [0.29, 0.717) is 0 Å². The normalized spacial score (nSPS) is 18.8. The van der Waals surface area contributed by atoms with Crippen LogP contribution in [0.15, 0.2) is 0 Å². The summed E-state index contributed by atoms with van der Waals surface area (Å²) in [6.45, 7) is 2.50. The van der Waals surface area contributed by atoms with Gasteiger partial charge in [0.05, 0.1) is 0 Å². The molecule has 12 heavy (non-hydrogen) atoms. The first-order chi connectivity index (χ1) is 5.43. The molecule has 0 aromatic heterocycles. The van der Waals surface area contributed by atoms with E-state index in [1.807, 2.05) is 0 Å². The molecule has 3 heteroatoms. The van der Waals surface area contributed by atoms with Crippen LogP contribution >= 0.6 is 28.3 Å². The molecular formula is C9H19BrClN. The maximum Gasteiger partial charge on any atom is 0.00313 e. The summed E-state index contributed by atoms with van der Waals surface area (Å²) in [5, 5.41) is 4.57. The van der Waals surface area contributed by atoms with Crippen LogP contribution in [0.4, 0.5) is 0 Å². The molecule has 1 fully saturated rings. The molecular weight excluding hydrogens is 237 g/mol. The molecule has 74 valence electrons. The highest BCUT2D eigenvalue weighted by atomic mass is 79.9. The second-order valence-corrected chi connectivity index (χ2v) is 4.17. The third-order valence-corrected chi connectivity index (χ3v) is 3.02. The van der Waals surface area contributed by atoms with Gasteiger partial charge in [-0.1, -0.05) is 28.8 Å². The molecule has 0 saturated carbocycles. The highest BCUT2D eigenvalue weighted by molar-refractivity contribution is 9.09. The van der Waals surface area contributed by atoms with E-state index < -0.39 is 0 Å².